The predicted octanol–water partition coefficient (Wildman–Crippen LogP) is 4.02. The second-order valence-corrected chi connectivity index (χ2v) is 7.38. The number of piperidine rings is 1. The second kappa shape index (κ2) is 10.1. The Balaban J connectivity index is 1.51. The van der Waals surface area contributed by atoms with Crippen molar-refractivity contribution in [2.75, 3.05) is 48.9 Å². The number of amides is 1. The van der Waals surface area contributed by atoms with Gasteiger partial charge in [0, 0.05) is 44.7 Å². The zero-order valence-electron chi connectivity index (χ0n) is 16.8. The molecule has 1 aliphatic heterocycles. The molecular formula is C22H30N4O2. The van der Waals surface area contributed by atoms with Crippen LogP contribution >= 0.6 is 0 Å². The van der Waals surface area contributed by atoms with Crippen molar-refractivity contribution in [1.29, 1.82) is 0 Å². The van der Waals surface area contributed by atoms with Gasteiger partial charge in [0.2, 0.25) is 0 Å². The van der Waals surface area contributed by atoms with E-state index in [2.05, 4.69) is 39.6 Å². The first kappa shape index (κ1) is 20.1. The van der Waals surface area contributed by atoms with E-state index in [-0.39, 0.29) is 5.91 Å². The summed E-state index contributed by atoms with van der Waals surface area (Å²) < 4.78 is 5.02. The van der Waals surface area contributed by atoms with Gasteiger partial charge in [-0.25, -0.2) is 4.98 Å². The van der Waals surface area contributed by atoms with E-state index in [1.807, 2.05) is 18.2 Å². The first-order chi connectivity index (χ1) is 13.7. The third-order valence-electron chi connectivity index (χ3n) is 5.12. The molecule has 0 saturated carbocycles. The summed E-state index contributed by atoms with van der Waals surface area (Å²) in [5.74, 6) is 0.611. The van der Waals surface area contributed by atoms with Gasteiger partial charge in [0.05, 0.1) is 11.9 Å². The lowest BCUT2D eigenvalue weighted by atomic mass is 9.99. The van der Waals surface area contributed by atoms with Gasteiger partial charge in [-0.2, -0.15) is 0 Å². The summed E-state index contributed by atoms with van der Waals surface area (Å²) in [4.78, 5) is 19.1. The maximum absolute atomic E-state index is 12.4. The van der Waals surface area contributed by atoms with Gasteiger partial charge in [-0.3, -0.25) is 4.79 Å². The molecule has 0 aliphatic carbocycles. The molecule has 28 heavy (non-hydrogen) atoms. The van der Waals surface area contributed by atoms with Crippen LogP contribution in [0.4, 0.5) is 17.1 Å². The molecule has 1 amide bonds. The standard InChI is InChI=1S/C22H30N4O2/c1-17-10-13-26(14-11-17)20-7-4-18(5-8-20)25-22(27)21-9-6-19(16-24-21)23-12-3-15-28-2/h4-9,16-17,23H,3,10-15H2,1-2H3,(H,25,27). The Morgan fingerprint density at radius 1 is 1.14 bits per heavy atom. The number of benzene rings is 1. The molecule has 0 unspecified atom stereocenters. The molecular weight excluding hydrogens is 352 g/mol. The van der Waals surface area contributed by atoms with Crippen LogP contribution in [0.2, 0.25) is 0 Å². The van der Waals surface area contributed by atoms with Gasteiger partial charge in [-0.1, -0.05) is 6.92 Å². The third kappa shape index (κ3) is 5.70. The lowest BCUT2D eigenvalue weighted by molar-refractivity contribution is 0.102. The van der Waals surface area contributed by atoms with E-state index in [1.165, 1.54) is 18.5 Å². The number of anilines is 3. The minimum absolute atomic E-state index is 0.203. The molecule has 6 heteroatoms. The summed E-state index contributed by atoms with van der Waals surface area (Å²) in [5.41, 5.74) is 3.29. The number of hydrogen-bond acceptors (Lipinski definition) is 5. The third-order valence-corrected chi connectivity index (χ3v) is 5.12. The van der Waals surface area contributed by atoms with Gasteiger partial charge in [0.1, 0.15) is 5.69 Å². The van der Waals surface area contributed by atoms with Gasteiger partial charge in [0.25, 0.3) is 5.91 Å². The highest BCUT2D eigenvalue weighted by Gasteiger charge is 2.16. The van der Waals surface area contributed by atoms with Crippen LogP contribution in [0.15, 0.2) is 42.6 Å². The molecule has 150 valence electrons. The highest BCUT2D eigenvalue weighted by Crippen LogP contribution is 2.24. The molecule has 2 heterocycles. The predicted molar refractivity (Wildman–Crippen MR) is 114 cm³/mol. The van der Waals surface area contributed by atoms with Crippen LogP contribution in [0, 0.1) is 5.92 Å². The lowest BCUT2D eigenvalue weighted by Gasteiger charge is -2.32. The molecule has 1 aliphatic rings. The SMILES string of the molecule is COCCCNc1ccc(C(=O)Nc2ccc(N3CCC(C)CC3)cc2)nc1. The van der Waals surface area contributed by atoms with Crippen molar-refractivity contribution in [3.05, 3.63) is 48.3 Å². The summed E-state index contributed by atoms with van der Waals surface area (Å²) in [6.07, 6.45) is 5.08. The van der Waals surface area contributed by atoms with Crippen LogP contribution in [0.3, 0.4) is 0 Å². The fourth-order valence-electron chi connectivity index (χ4n) is 3.30. The van der Waals surface area contributed by atoms with Gasteiger partial charge in [0.15, 0.2) is 0 Å². The Kier molecular flexibility index (Phi) is 7.25. The topological polar surface area (TPSA) is 66.5 Å². The highest BCUT2D eigenvalue weighted by molar-refractivity contribution is 6.03. The highest BCUT2D eigenvalue weighted by atomic mass is 16.5. The summed E-state index contributed by atoms with van der Waals surface area (Å²) in [5, 5.41) is 6.17. The van der Waals surface area contributed by atoms with E-state index < -0.39 is 0 Å². The minimum Gasteiger partial charge on any atom is -0.385 e. The maximum Gasteiger partial charge on any atom is 0.274 e. The number of pyridine rings is 1. The van der Waals surface area contributed by atoms with E-state index in [1.54, 1.807) is 19.4 Å². The van der Waals surface area contributed by atoms with E-state index in [4.69, 9.17) is 4.74 Å². The molecule has 2 aromatic rings. The lowest BCUT2D eigenvalue weighted by Crippen LogP contribution is -2.32. The van der Waals surface area contributed by atoms with Crippen LogP contribution in [0.5, 0.6) is 0 Å². The molecule has 1 saturated heterocycles. The normalized spacial score (nSPS) is 14.7. The molecule has 0 bridgehead atoms. The van der Waals surface area contributed by atoms with Gasteiger partial charge < -0.3 is 20.3 Å². The summed E-state index contributed by atoms with van der Waals surface area (Å²) in [6, 6.07) is 11.7. The first-order valence-electron chi connectivity index (χ1n) is 10.0. The van der Waals surface area contributed by atoms with E-state index in [9.17, 15) is 4.79 Å². The molecule has 2 N–H and O–H groups in total. The van der Waals surface area contributed by atoms with E-state index in [0.717, 1.165) is 50.0 Å². The number of ether oxygens (including phenoxy) is 1. The number of aromatic nitrogens is 1. The Bertz CT molecular complexity index is 738. The smallest absolute Gasteiger partial charge is 0.274 e. The van der Waals surface area contributed by atoms with Crippen molar-refractivity contribution in [3.8, 4) is 0 Å². The van der Waals surface area contributed by atoms with E-state index in [0.29, 0.717) is 5.69 Å². The van der Waals surface area contributed by atoms with Crippen molar-refractivity contribution in [2.24, 2.45) is 5.92 Å². The molecule has 1 aromatic heterocycles. The van der Waals surface area contributed by atoms with Crippen molar-refractivity contribution >= 4 is 23.0 Å². The van der Waals surface area contributed by atoms with Gasteiger partial charge in [-0.05, 0) is 61.6 Å². The van der Waals surface area contributed by atoms with Crippen LogP contribution < -0.4 is 15.5 Å². The zero-order chi connectivity index (χ0) is 19.8. The van der Waals surface area contributed by atoms with Crippen molar-refractivity contribution in [2.45, 2.75) is 26.2 Å². The maximum atomic E-state index is 12.4. The molecule has 1 aromatic carbocycles. The molecule has 0 spiro atoms. The monoisotopic (exact) mass is 382 g/mol. The Morgan fingerprint density at radius 3 is 2.50 bits per heavy atom. The fraction of sp³-hybridized carbons (Fsp3) is 0.455. The molecule has 3 rings (SSSR count). The van der Waals surface area contributed by atoms with Crippen molar-refractivity contribution < 1.29 is 9.53 Å². The molecule has 0 atom stereocenters. The average molecular weight is 383 g/mol. The number of rotatable bonds is 8. The number of nitrogens with one attached hydrogen (secondary N) is 2. The Labute approximate surface area is 167 Å². The van der Waals surface area contributed by atoms with Crippen LogP contribution in [-0.2, 0) is 4.74 Å². The van der Waals surface area contributed by atoms with Crippen LogP contribution in [0.1, 0.15) is 36.7 Å². The molecule has 6 nitrogen and oxygen atoms in total. The molecule has 0 radical (unpaired) electrons. The summed E-state index contributed by atoms with van der Waals surface area (Å²) in [7, 11) is 1.69. The summed E-state index contributed by atoms with van der Waals surface area (Å²) >= 11 is 0. The van der Waals surface area contributed by atoms with Crippen LogP contribution in [0.25, 0.3) is 0 Å². The number of hydrogen-bond donors (Lipinski definition) is 2. The van der Waals surface area contributed by atoms with Crippen molar-refractivity contribution in [1.82, 2.24) is 4.98 Å². The largest absolute Gasteiger partial charge is 0.385 e. The number of nitrogens with zero attached hydrogens (tertiary/aromatic N) is 2. The fourth-order valence-corrected chi connectivity index (χ4v) is 3.30. The zero-order valence-corrected chi connectivity index (χ0v) is 16.8. The van der Waals surface area contributed by atoms with Crippen LogP contribution in [-0.4, -0.2) is 44.2 Å². The first-order valence-corrected chi connectivity index (χ1v) is 10.0. The van der Waals surface area contributed by atoms with E-state index >= 15 is 0 Å². The number of carbonyl (C=O) groups is 1. The van der Waals surface area contributed by atoms with Gasteiger partial charge in [-0.15, -0.1) is 0 Å². The Hall–Kier alpha value is -2.60. The number of methoxy groups -OCH3 is 1. The van der Waals surface area contributed by atoms with Crippen molar-refractivity contribution in [3.63, 3.8) is 0 Å². The quantitative estimate of drug-likeness (QED) is 0.675. The second-order valence-electron chi connectivity index (χ2n) is 7.38. The minimum atomic E-state index is -0.203. The molecule has 1 fully saturated rings. The Morgan fingerprint density at radius 2 is 1.86 bits per heavy atom. The average Bonchev–Trinajstić information content (AvgIpc) is 2.73. The number of carbonyl (C=O) groups excluding carboxylic acids is 1. The summed E-state index contributed by atoms with van der Waals surface area (Å²) in [6.45, 7) is 6.04. The van der Waals surface area contributed by atoms with Gasteiger partial charge >= 0.3 is 0 Å².